The zero-order valence-corrected chi connectivity index (χ0v) is 24.9. The molecule has 0 bridgehead atoms. The monoisotopic (exact) mass is 664 g/mol. The van der Waals surface area contributed by atoms with Crippen LogP contribution in [0.5, 0.6) is 0 Å². The van der Waals surface area contributed by atoms with Gasteiger partial charge >= 0.3 is 0 Å². The molecular formula is C25H26Br2N6O2S2. The lowest BCUT2D eigenvalue weighted by Gasteiger charge is -2.03. The van der Waals surface area contributed by atoms with Crippen molar-refractivity contribution in [3.8, 4) is 0 Å². The number of unbranched alkanes of at least 4 members (excludes halogenated alkanes) is 1. The van der Waals surface area contributed by atoms with E-state index in [-0.39, 0.29) is 5.91 Å². The van der Waals surface area contributed by atoms with Gasteiger partial charge in [0.15, 0.2) is 0 Å². The van der Waals surface area contributed by atoms with E-state index in [1.807, 2.05) is 55.6 Å². The van der Waals surface area contributed by atoms with E-state index >= 15 is 0 Å². The number of aldehydes is 1. The molecule has 2 heterocycles. The number of nitrogens with zero attached hydrogens (tertiary/aromatic N) is 4. The van der Waals surface area contributed by atoms with Gasteiger partial charge in [-0.25, -0.2) is 0 Å². The zero-order chi connectivity index (χ0) is 26.5. The lowest BCUT2D eigenvalue weighted by molar-refractivity contribution is -0.115. The molecule has 37 heavy (non-hydrogen) atoms. The number of nitrogens with one attached hydrogen (secondary N) is 2. The van der Waals surface area contributed by atoms with Crippen LogP contribution in [-0.4, -0.2) is 39.6 Å². The Bertz CT molecular complexity index is 1300. The summed E-state index contributed by atoms with van der Waals surface area (Å²) in [7, 11) is 1.84. The molecule has 0 saturated carbocycles. The normalized spacial score (nSPS) is 10.4. The van der Waals surface area contributed by atoms with Crippen LogP contribution >= 0.6 is 54.5 Å². The van der Waals surface area contributed by atoms with Gasteiger partial charge in [0.2, 0.25) is 16.2 Å². The van der Waals surface area contributed by atoms with Crippen LogP contribution < -0.4 is 10.6 Å². The first-order valence-electron chi connectivity index (χ1n) is 11.5. The fourth-order valence-electron chi connectivity index (χ4n) is 3.15. The summed E-state index contributed by atoms with van der Waals surface area (Å²) in [6.45, 7) is 0. The minimum atomic E-state index is -0.0961. The third kappa shape index (κ3) is 10.0. The Morgan fingerprint density at radius 2 is 1.38 bits per heavy atom. The van der Waals surface area contributed by atoms with E-state index < -0.39 is 0 Å². The first kappa shape index (κ1) is 29.0. The van der Waals surface area contributed by atoms with Crippen molar-refractivity contribution < 1.29 is 9.59 Å². The van der Waals surface area contributed by atoms with Gasteiger partial charge in [0, 0.05) is 35.3 Å². The molecular weight excluding hydrogens is 640 g/mol. The summed E-state index contributed by atoms with van der Waals surface area (Å²) in [5.41, 5.74) is 1.98. The van der Waals surface area contributed by atoms with Gasteiger partial charge in [-0.3, -0.25) is 4.79 Å². The predicted octanol–water partition coefficient (Wildman–Crippen LogP) is 6.13. The number of hydrogen-bond donors (Lipinski definition) is 2. The number of amides is 1. The van der Waals surface area contributed by atoms with Crippen LogP contribution in [-0.2, 0) is 35.3 Å². The second kappa shape index (κ2) is 15.7. The molecule has 194 valence electrons. The number of benzene rings is 2. The van der Waals surface area contributed by atoms with Crippen molar-refractivity contribution in [1.29, 1.82) is 0 Å². The topological polar surface area (TPSA) is 110 Å². The van der Waals surface area contributed by atoms with Crippen LogP contribution in [0.25, 0.3) is 0 Å². The number of anilines is 2. The average Bonchev–Trinajstić information content (AvgIpc) is 3.54. The summed E-state index contributed by atoms with van der Waals surface area (Å²) in [5.74, 6) is -0.0961. The quantitative estimate of drug-likeness (QED) is 0.147. The van der Waals surface area contributed by atoms with Gasteiger partial charge in [-0.05, 0) is 36.1 Å². The largest absolute Gasteiger partial charge is 0.363 e. The molecule has 0 unspecified atom stereocenters. The predicted molar refractivity (Wildman–Crippen MR) is 156 cm³/mol. The molecule has 0 aliphatic carbocycles. The standard InChI is InChI=1S/C17H19BrN6OS2.C8H7BrO/c1-19-16-23-21-14(26-16)8-4-5-9-15-22-24-17(27-15)20-13(25)10-11-6-2-3-7-12(11)18;9-8-4-2-1-3-7(8)5-6-10/h2-3,6-7H,4-5,8-10H2,1H3,(H,19,23)(H,20,24,25);1-4,6H,5H2. The van der Waals surface area contributed by atoms with Crippen LogP contribution in [0.1, 0.15) is 34.0 Å². The third-order valence-electron chi connectivity index (χ3n) is 5.00. The van der Waals surface area contributed by atoms with E-state index in [1.165, 1.54) is 11.3 Å². The van der Waals surface area contributed by atoms with Crippen molar-refractivity contribution in [2.75, 3.05) is 17.7 Å². The Labute approximate surface area is 240 Å². The maximum Gasteiger partial charge on any atom is 0.230 e. The van der Waals surface area contributed by atoms with Crippen molar-refractivity contribution in [2.24, 2.45) is 0 Å². The Morgan fingerprint density at radius 1 is 0.838 bits per heavy atom. The highest BCUT2D eigenvalue weighted by atomic mass is 79.9. The lowest BCUT2D eigenvalue weighted by atomic mass is 10.1. The molecule has 0 atom stereocenters. The minimum Gasteiger partial charge on any atom is -0.363 e. The average molecular weight is 666 g/mol. The summed E-state index contributed by atoms with van der Waals surface area (Å²) in [5, 5.41) is 25.6. The van der Waals surface area contributed by atoms with Crippen LogP contribution in [0.15, 0.2) is 57.5 Å². The number of rotatable bonds is 11. The van der Waals surface area contributed by atoms with E-state index in [9.17, 15) is 9.59 Å². The van der Waals surface area contributed by atoms with Gasteiger partial charge in [-0.2, -0.15) is 0 Å². The molecule has 0 saturated heterocycles. The molecule has 12 heteroatoms. The highest BCUT2D eigenvalue weighted by Crippen LogP contribution is 2.21. The third-order valence-corrected chi connectivity index (χ3v) is 8.44. The SMILES string of the molecule is CNc1nnc(CCCCc2nnc(NC(=O)Cc3ccccc3Br)s2)s1.O=CCc1ccccc1Br. The first-order chi connectivity index (χ1) is 18.0. The van der Waals surface area contributed by atoms with Crippen molar-refractivity contribution in [3.63, 3.8) is 0 Å². The number of aryl methyl sites for hydroxylation is 2. The summed E-state index contributed by atoms with van der Waals surface area (Å²) in [6, 6.07) is 15.4. The summed E-state index contributed by atoms with van der Waals surface area (Å²) < 4.78 is 1.93. The molecule has 2 aromatic heterocycles. The molecule has 0 fully saturated rings. The van der Waals surface area contributed by atoms with Crippen LogP contribution in [0.4, 0.5) is 10.3 Å². The number of halogens is 2. The zero-order valence-electron chi connectivity index (χ0n) is 20.1. The molecule has 4 aromatic rings. The van der Waals surface area contributed by atoms with Gasteiger partial charge < -0.3 is 15.4 Å². The van der Waals surface area contributed by atoms with Crippen LogP contribution in [0.2, 0.25) is 0 Å². The second-order valence-corrected chi connectivity index (χ2v) is 11.6. The molecule has 8 nitrogen and oxygen atoms in total. The smallest absolute Gasteiger partial charge is 0.230 e. The number of carbonyl (C=O) groups is 2. The highest BCUT2D eigenvalue weighted by Gasteiger charge is 2.11. The molecule has 0 spiro atoms. The van der Waals surface area contributed by atoms with Crippen molar-refractivity contribution >= 4 is 77.0 Å². The minimum absolute atomic E-state index is 0.0961. The van der Waals surface area contributed by atoms with Crippen LogP contribution in [0, 0.1) is 0 Å². The van der Waals surface area contributed by atoms with Gasteiger partial charge in [0.25, 0.3) is 0 Å². The molecule has 0 aliphatic heterocycles. The van der Waals surface area contributed by atoms with E-state index in [2.05, 4.69) is 62.9 Å². The Morgan fingerprint density at radius 3 is 1.92 bits per heavy atom. The highest BCUT2D eigenvalue weighted by molar-refractivity contribution is 9.10. The summed E-state index contributed by atoms with van der Waals surface area (Å²) in [6.07, 6.45) is 5.45. The Kier molecular flexibility index (Phi) is 12.3. The Hall–Kier alpha value is -2.54. The van der Waals surface area contributed by atoms with E-state index in [1.54, 1.807) is 11.3 Å². The van der Waals surface area contributed by atoms with E-state index in [0.29, 0.717) is 18.0 Å². The molecule has 0 radical (unpaired) electrons. The van der Waals surface area contributed by atoms with Gasteiger partial charge in [0.05, 0.1) is 6.42 Å². The molecule has 2 aromatic carbocycles. The van der Waals surface area contributed by atoms with Crippen molar-refractivity contribution in [2.45, 2.75) is 38.5 Å². The van der Waals surface area contributed by atoms with Gasteiger partial charge in [-0.15, -0.1) is 20.4 Å². The number of aromatic nitrogens is 4. The summed E-state index contributed by atoms with van der Waals surface area (Å²) in [4.78, 5) is 22.3. The number of hydrogen-bond acceptors (Lipinski definition) is 9. The Balaban J connectivity index is 0.000000319. The maximum atomic E-state index is 12.2. The van der Waals surface area contributed by atoms with Crippen molar-refractivity contribution in [3.05, 3.63) is 78.6 Å². The lowest BCUT2D eigenvalue weighted by Crippen LogP contribution is -2.14. The maximum absolute atomic E-state index is 12.2. The van der Waals surface area contributed by atoms with Crippen molar-refractivity contribution in [1.82, 2.24) is 20.4 Å². The fourth-order valence-corrected chi connectivity index (χ4v) is 5.55. The first-order valence-corrected chi connectivity index (χ1v) is 14.7. The molecule has 2 N–H and O–H groups in total. The molecule has 4 rings (SSSR count). The van der Waals surface area contributed by atoms with E-state index in [0.717, 1.165) is 67.2 Å². The van der Waals surface area contributed by atoms with E-state index in [4.69, 9.17) is 0 Å². The second-order valence-electron chi connectivity index (χ2n) is 7.74. The number of carbonyl (C=O) groups excluding carboxylic acids is 2. The molecule has 1 amide bonds. The van der Waals surface area contributed by atoms with Gasteiger partial charge in [-0.1, -0.05) is 90.9 Å². The fraction of sp³-hybridized carbons (Fsp3) is 0.280. The van der Waals surface area contributed by atoms with Crippen LogP contribution in [0.3, 0.4) is 0 Å². The summed E-state index contributed by atoms with van der Waals surface area (Å²) >= 11 is 9.80. The molecule has 0 aliphatic rings. The van der Waals surface area contributed by atoms with Gasteiger partial charge in [0.1, 0.15) is 16.3 Å².